The van der Waals surface area contributed by atoms with Crippen LogP contribution in [0.3, 0.4) is 0 Å². The third kappa shape index (κ3) is 4.60. The second kappa shape index (κ2) is 8.14. The number of halogens is 1. The predicted molar refractivity (Wildman–Crippen MR) is 110 cm³/mol. The summed E-state index contributed by atoms with van der Waals surface area (Å²) in [6, 6.07) is 3.99. The van der Waals surface area contributed by atoms with Gasteiger partial charge < -0.3 is 14.7 Å². The van der Waals surface area contributed by atoms with Gasteiger partial charge in [-0.2, -0.15) is 5.10 Å². The van der Waals surface area contributed by atoms with Crippen LogP contribution in [0.1, 0.15) is 45.3 Å². The third-order valence-electron chi connectivity index (χ3n) is 4.49. The summed E-state index contributed by atoms with van der Waals surface area (Å²) in [6.45, 7) is 6.77. The molecule has 2 aromatic rings. The molecule has 3 rings (SSSR count). The van der Waals surface area contributed by atoms with Crippen molar-refractivity contribution in [3.05, 3.63) is 33.8 Å². The fraction of sp³-hybridized carbons (Fsp3) is 0.526. The molecular weight excluding hydrogens is 459 g/mol. The molecule has 0 atom stereocenters. The Morgan fingerprint density at radius 1 is 1.37 bits per heavy atom. The molecule has 146 valence electrons. The molecule has 0 radical (unpaired) electrons. The van der Waals surface area contributed by atoms with Crippen LogP contribution in [0.4, 0.5) is 4.79 Å². The van der Waals surface area contributed by atoms with Gasteiger partial charge in [-0.15, -0.1) is 0 Å². The number of amides is 1. The van der Waals surface area contributed by atoms with Crippen molar-refractivity contribution in [1.29, 1.82) is 0 Å². The van der Waals surface area contributed by atoms with E-state index < -0.39 is 5.60 Å². The molecule has 2 aromatic heterocycles. The zero-order chi connectivity index (χ0) is 19.6. The summed E-state index contributed by atoms with van der Waals surface area (Å²) in [5.41, 5.74) is 2.09. The molecule has 1 saturated heterocycles. The number of hydrogen-bond donors (Lipinski definition) is 1. The SMILES string of the molecule is CC(C)(C)OC(=O)N1CCC(n2nc(-c3cccnc3)c(I)c2CO)CC1. The lowest BCUT2D eigenvalue weighted by atomic mass is 10.1. The fourth-order valence-corrected chi connectivity index (χ4v) is 4.04. The van der Waals surface area contributed by atoms with Crippen LogP contribution >= 0.6 is 22.6 Å². The van der Waals surface area contributed by atoms with Gasteiger partial charge >= 0.3 is 6.09 Å². The molecule has 1 aliphatic heterocycles. The van der Waals surface area contributed by atoms with Crippen molar-refractivity contribution in [1.82, 2.24) is 19.7 Å². The van der Waals surface area contributed by atoms with Crippen LogP contribution < -0.4 is 0 Å². The zero-order valence-corrected chi connectivity index (χ0v) is 18.0. The molecule has 1 amide bonds. The van der Waals surface area contributed by atoms with Crippen molar-refractivity contribution in [3.63, 3.8) is 0 Å². The van der Waals surface area contributed by atoms with E-state index in [1.54, 1.807) is 17.3 Å². The van der Waals surface area contributed by atoms with E-state index in [2.05, 4.69) is 27.6 Å². The number of pyridine rings is 1. The minimum Gasteiger partial charge on any atom is -0.444 e. The van der Waals surface area contributed by atoms with Gasteiger partial charge in [-0.05, 0) is 68.3 Å². The van der Waals surface area contributed by atoms with Crippen LogP contribution in [0.15, 0.2) is 24.5 Å². The van der Waals surface area contributed by atoms with Crippen LogP contribution in [0.2, 0.25) is 0 Å². The highest BCUT2D eigenvalue weighted by molar-refractivity contribution is 14.1. The number of aromatic nitrogens is 3. The maximum atomic E-state index is 12.3. The van der Waals surface area contributed by atoms with E-state index in [1.165, 1.54) is 0 Å². The maximum Gasteiger partial charge on any atom is 0.410 e. The normalized spacial score (nSPS) is 15.8. The summed E-state index contributed by atoms with van der Waals surface area (Å²) in [4.78, 5) is 18.2. The Bertz CT molecular complexity index is 793. The van der Waals surface area contributed by atoms with Crippen molar-refractivity contribution in [2.24, 2.45) is 0 Å². The van der Waals surface area contributed by atoms with Crippen LogP contribution in [0.25, 0.3) is 11.3 Å². The molecule has 0 saturated carbocycles. The van der Waals surface area contributed by atoms with Crippen molar-refractivity contribution < 1.29 is 14.6 Å². The third-order valence-corrected chi connectivity index (χ3v) is 5.63. The van der Waals surface area contributed by atoms with E-state index in [1.807, 2.05) is 37.6 Å². The Morgan fingerprint density at radius 3 is 2.63 bits per heavy atom. The molecule has 1 fully saturated rings. The number of aliphatic hydroxyl groups excluding tert-OH is 1. The number of likely N-dealkylation sites (tertiary alicyclic amines) is 1. The quantitative estimate of drug-likeness (QED) is 0.674. The van der Waals surface area contributed by atoms with Crippen LogP contribution in [0, 0.1) is 3.57 Å². The first-order valence-electron chi connectivity index (χ1n) is 9.06. The average Bonchev–Trinajstić information content (AvgIpc) is 2.97. The number of ether oxygens (including phenoxy) is 1. The molecular formula is C19H25IN4O3. The van der Waals surface area contributed by atoms with Gasteiger partial charge in [0.2, 0.25) is 0 Å². The molecule has 3 heterocycles. The summed E-state index contributed by atoms with van der Waals surface area (Å²) in [6.07, 6.45) is 4.79. The first-order valence-corrected chi connectivity index (χ1v) is 10.1. The van der Waals surface area contributed by atoms with Crippen molar-refractivity contribution in [2.75, 3.05) is 13.1 Å². The van der Waals surface area contributed by atoms with Gasteiger partial charge in [0, 0.05) is 31.0 Å². The number of hydrogen-bond acceptors (Lipinski definition) is 5. The predicted octanol–water partition coefficient (Wildman–Crippen LogP) is 3.61. The van der Waals surface area contributed by atoms with Gasteiger partial charge in [-0.1, -0.05) is 0 Å². The van der Waals surface area contributed by atoms with Crippen molar-refractivity contribution in [3.8, 4) is 11.3 Å². The molecule has 0 unspecified atom stereocenters. The second-order valence-electron chi connectivity index (χ2n) is 7.65. The lowest BCUT2D eigenvalue weighted by Gasteiger charge is -2.34. The van der Waals surface area contributed by atoms with Gasteiger partial charge in [0.05, 0.1) is 21.9 Å². The van der Waals surface area contributed by atoms with Crippen LogP contribution in [0.5, 0.6) is 0 Å². The number of rotatable bonds is 3. The lowest BCUT2D eigenvalue weighted by molar-refractivity contribution is 0.0182. The Hall–Kier alpha value is -1.68. The van der Waals surface area contributed by atoms with Gasteiger partial charge in [0.25, 0.3) is 0 Å². The zero-order valence-electron chi connectivity index (χ0n) is 15.9. The van der Waals surface area contributed by atoms with Gasteiger partial charge in [0.1, 0.15) is 11.3 Å². The summed E-state index contributed by atoms with van der Waals surface area (Å²) < 4.78 is 8.33. The van der Waals surface area contributed by atoms with Gasteiger partial charge in [-0.3, -0.25) is 9.67 Å². The molecule has 0 bridgehead atoms. The van der Waals surface area contributed by atoms with Crippen molar-refractivity contribution >= 4 is 28.7 Å². The molecule has 7 nitrogen and oxygen atoms in total. The van der Waals surface area contributed by atoms with Crippen LogP contribution in [-0.4, -0.2) is 49.6 Å². The maximum absolute atomic E-state index is 12.3. The monoisotopic (exact) mass is 484 g/mol. The van der Waals surface area contributed by atoms with Gasteiger partial charge in [0.15, 0.2) is 0 Å². The molecule has 1 aliphatic rings. The summed E-state index contributed by atoms with van der Waals surface area (Å²) in [5, 5.41) is 14.7. The highest BCUT2D eigenvalue weighted by Gasteiger charge is 2.30. The summed E-state index contributed by atoms with van der Waals surface area (Å²) in [5.74, 6) is 0. The van der Waals surface area contributed by atoms with E-state index in [9.17, 15) is 9.90 Å². The Kier molecular flexibility index (Phi) is 6.05. The Morgan fingerprint density at radius 2 is 2.07 bits per heavy atom. The summed E-state index contributed by atoms with van der Waals surface area (Å²) >= 11 is 2.24. The molecule has 8 heteroatoms. The number of carbonyl (C=O) groups is 1. The highest BCUT2D eigenvalue weighted by atomic mass is 127. The minimum atomic E-state index is -0.491. The van der Waals surface area contributed by atoms with Crippen molar-refractivity contribution in [2.45, 2.75) is 51.9 Å². The highest BCUT2D eigenvalue weighted by Crippen LogP contribution is 2.32. The molecule has 0 aromatic carbocycles. The molecule has 0 aliphatic carbocycles. The number of carbonyl (C=O) groups excluding carboxylic acids is 1. The lowest BCUT2D eigenvalue weighted by Crippen LogP contribution is -2.42. The first-order chi connectivity index (χ1) is 12.8. The average molecular weight is 484 g/mol. The Labute approximate surface area is 172 Å². The van der Waals surface area contributed by atoms with E-state index in [-0.39, 0.29) is 18.7 Å². The standard InChI is InChI=1S/C19H25IN4O3/c1-19(2,3)27-18(26)23-9-6-14(7-10-23)24-15(12-25)16(20)17(22-24)13-5-4-8-21-11-13/h4-5,8,11,14,25H,6-7,9-10,12H2,1-3H3. The molecule has 0 spiro atoms. The Balaban J connectivity index is 1.76. The second-order valence-corrected chi connectivity index (χ2v) is 8.73. The van der Waals surface area contributed by atoms with E-state index >= 15 is 0 Å². The smallest absolute Gasteiger partial charge is 0.410 e. The minimum absolute atomic E-state index is 0.0716. The number of aliphatic hydroxyl groups is 1. The number of nitrogens with zero attached hydrogens (tertiary/aromatic N) is 4. The van der Waals surface area contributed by atoms with E-state index in [0.717, 1.165) is 33.4 Å². The van der Waals surface area contributed by atoms with E-state index in [0.29, 0.717) is 13.1 Å². The number of piperidine rings is 1. The van der Waals surface area contributed by atoms with Crippen LogP contribution in [-0.2, 0) is 11.3 Å². The topological polar surface area (TPSA) is 80.5 Å². The fourth-order valence-electron chi connectivity index (χ4n) is 3.20. The van der Waals surface area contributed by atoms with Gasteiger partial charge in [-0.25, -0.2) is 4.79 Å². The van der Waals surface area contributed by atoms with E-state index in [4.69, 9.17) is 9.84 Å². The molecule has 27 heavy (non-hydrogen) atoms. The first kappa shape index (κ1) is 20.1. The molecule has 1 N–H and O–H groups in total. The largest absolute Gasteiger partial charge is 0.444 e. The summed E-state index contributed by atoms with van der Waals surface area (Å²) in [7, 11) is 0.